The van der Waals surface area contributed by atoms with Crippen molar-refractivity contribution in [3.63, 3.8) is 0 Å². The molecule has 2 fully saturated rings. The number of hydrogen-bond acceptors (Lipinski definition) is 3. The van der Waals surface area contributed by atoms with E-state index in [0.717, 1.165) is 35.4 Å². The molecule has 2 saturated carbocycles. The summed E-state index contributed by atoms with van der Waals surface area (Å²) in [4.78, 5) is 0. The zero-order valence-electron chi connectivity index (χ0n) is 14.6. The van der Waals surface area contributed by atoms with Crippen molar-refractivity contribution < 1.29 is 14.6 Å². The molecule has 0 spiro atoms. The van der Waals surface area contributed by atoms with Gasteiger partial charge in [0, 0.05) is 7.11 Å². The first-order chi connectivity index (χ1) is 11.6. The van der Waals surface area contributed by atoms with Gasteiger partial charge in [0.05, 0.1) is 10.6 Å². The lowest BCUT2D eigenvalue weighted by molar-refractivity contribution is -0.0226. The maximum atomic E-state index is 10.5. The van der Waals surface area contributed by atoms with Gasteiger partial charge in [-0.3, -0.25) is 0 Å². The van der Waals surface area contributed by atoms with Crippen molar-refractivity contribution in [2.75, 3.05) is 13.9 Å². The number of aliphatic hydroxyl groups excluding tert-OH is 1. The minimum absolute atomic E-state index is 0.0959. The third-order valence-electron chi connectivity index (χ3n) is 7.09. The Morgan fingerprint density at radius 3 is 2.88 bits per heavy atom. The Kier molecular flexibility index (Phi) is 4.42. The minimum atomic E-state index is -0.0959. The second-order valence-corrected chi connectivity index (χ2v) is 8.84. The average Bonchev–Trinajstić information content (AvgIpc) is 2.89. The number of benzene rings is 1. The predicted molar refractivity (Wildman–Crippen MR) is 97.3 cm³/mol. The van der Waals surface area contributed by atoms with Gasteiger partial charge in [-0.15, -0.1) is 0 Å². The highest BCUT2D eigenvalue weighted by molar-refractivity contribution is 9.10. The Labute approximate surface area is 152 Å². The van der Waals surface area contributed by atoms with Crippen LogP contribution in [0.2, 0.25) is 0 Å². The van der Waals surface area contributed by atoms with Crippen LogP contribution in [0.1, 0.15) is 56.1 Å². The largest absolute Gasteiger partial charge is 0.466 e. The molecule has 4 heteroatoms. The molecule has 0 amide bonds. The number of ether oxygens (including phenoxy) is 2. The van der Waals surface area contributed by atoms with Crippen molar-refractivity contribution in [3.8, 4) is 5.75 Å². The van der Waals surface area contributed by atoms with Gasteiger partial charge in [-0.1, -0.05) is 13.0 Å². The summed E-state index contributed by atoms with van der Waals surface area (Å²) in [7, 11) is 1.64. The first kappa shape index (κ1) is 16.9. The molecule has 0 aliphatic heterocycles. The monoisotopic (exact) mass is 394 g/mol. The van der Waals surface area contributed by atoms with Gasteiger partial charge in [-0.05, 0) is 94.8 Å². The smallest absolute Gasteiger partial charge is 0.188 e. The van der Waals surface area contributed by atoms with Crippen molar-refractivity contribution in [2.24, 2.45) is 17.3 Å². The fourth-order valence-corrected chi connectivity index (χ4v) is 6.48. The van der Waals surface area contributed by atoms with Gasteiger partial charge in [0.1, 0.15) is 5.75 Å². The Morgan fingerprint density at radius 2 is 2.08 bits per heavy atom. The van der Waals surface area contributed by atoms with Crippen LogP contribution < -0.4 is 4.74 Å². The molecule has 4 rings (SSSR count). The first-order valence-electron chi connectivity index (χ1n) is 9.17. The van der Waals surface area contributed by atoms with Gasteiger partial charge in [0.15, 0.2) is 6.79 Å². The quantitative estimate of drug-likeness (QED) is 0.758. The van der Waals surface area contributed by atoms with E-state index in [9.17, 15) is 5.11 Å². The average molecular weight is 395 g/mol. The van der Waals surface area contributed by atoms with Gasteiger partial charge < -0.3 is 14.6 Å². The van der Waals surface area contributed by atoms with Crippen LogP contribution in [0.3, 0.4) is 0 Å². The van der Waals surface area contributed by atoms with E-state index in [-0.39, 0.29) is 18.3 Å². The zero-order valence-corrected chi connectivity index (χ0v) is 16.1. The third-order valence-corrected chi connectivity index (χ3v) is 7.96. The van der Waals surface area contributed by atoms with E-state index in [2.05, 4.69) is 35.0 Å². The normalized spacial score (nSPS) is 37.5. The molecule has 3 aliphatic carbocycles. The topological polar surface area (TPSA) is 38.7 Å². The Hall–Kier alpha value is -0.580. The highest BCUT2D eigenvalue weighted by Crippen LogP contribution is 2.61. The van der Waals surface area contributed by atoms with Crippen LogP contribution in [-0.2, 0) is 11.2 Å². The van der Waals surface area contributed by atoms with Gasteiger partial charge in [-0.2, -0.15) is 0 Å². The standard InChI is InChI=1S/C20H27BrO3/c1-20-10-9-13-12-5-7-17(24-11-23-2)19(21)15(12)4-3-14(13)16(20)6-8-18(20)22/h5,7,13-14,16,18,22H,3-4,6,8-11H2,1-2H3/t13-,14-,16+,18+,20+/m1/s1. The summed E-state index contributed by atoms with van der Waals surface area (Å²) in [6, 6.07) is 4.36. The van der Waals surface area contributed by atoms with E-state index in [1.54, 1.807) is 7.11 Å². The number of hydrogen-bond donors (Lipinski definition) is 1. The van der Waals surface area contributed by atoms with Crippen molar-refractivity contribution in [2.45, 2.75) is 57.5 Å². The van der Waals surface area contributed by atoms with Crippen molar-refractivity contribution in [1.29, 1.82) is 0 Å². The van der Waals surface area contributed by atoms with Crippen LogP contribution in [-0.4, -0.2) is 25.1 Å². The molecule has 0 heterocycles. The fourth-order valence-electron chi connectivity index (χ4n) is 5.81. The summed E-state index contributed by atoms with van der Waals surface area (Å²) >= 11 is 3.77. The summed E-state index contributed by atoms with van der Waals surface area (Å²) in [5.74, 6) is 2.93. The summed E-state index contributed by atoms with van der Waals surface area (Å²) in [5.41, 5.74) is 3.08. The molecular weight excluding hydrogens is 368 g/mol. The first-order valence-corrected chi connectivity index (χ1v) is 9.96. The molecule has 3 nitrogen and oxygen atoms in total. The van der Waals surface area contributed by atoms with E-state index >= 15 is 0 Å². The minimum Gasteiger partial charge on any atom is -0.466 e. The molecule has 0 bridgehead atoms. The van der Waals surface area contributed by atoms with Gasteiger partial charge in [0.2, 0.25) is 0 Å². The molecule has 3 aliphatic rings. The SMILES string of the molecule is COCOc1ccc2c(c1Br)CC[C@@H]1[C@@H]2CC[C@]2(C)[C@@H](O)CC[C@@H]12. The Morgan fingerprint density at radius 1 is 1.25 bits per heavy atom. The highest BCUT2D eigenvalue weighted by atomic mass is 79.9. The molecule has 132 valence electrons. The maximum absolute atomic E-state index is 10.5. The zero-order chi connectivity index (χ0) is 16.9. The summed E-state index contributed by atoms with van der Waals surface area (Å²) < 4.78 is 11.8. The van der Waals surface area contributed by atoms with Gasteiger partial charge in [0.25, 0.3) is 0 Å². The lowest BCUT2D eigenvalue weighted by atomic mass is 9.55. The number of rotatable bonds is 3. The molecule has 1 aromatic carbocycles. The number of methoxy groups -OCH3 is 1. The van der Waals surface area contributed by atoms with Crippen LogP contribution in [0.25, 0.3) is 0 Å². The summed E-state index contributed by atoms with van der Waals surface area (Å²) in [6.07, 6.45) is 6.78. The Bertz CT molecular complexity index is 632. The number of halogens is 1. The maximum Gasteiger partial charge on any atom is 0.188 e. The van der Waals surface area contributed by atoms with Crippen LogP contribution in [0.4, 0.5) is 0 Å². The van der Waals surface area contributed by atoms with Crippen LogP contribution in [0, 0.1) is 17.3 Å². The molecule has 1 N–H and O–H groups in total. The van der Waals surface area contributed by atoms with Crippen LogP contribution >= 0.6 is 15.9 Å². The molecule has 0 saturated heterocycles. The molecule has 24 heavy (non-hydrogen) atoms. The van der Waals surface area contributed by atoms with Crippen molar-refractivity contribution >= 4 is 15.9 Å². The molecular formula is C20H27BrO3. The van der Waals surface area contributed by atoms with Crippen molar-refractivity contribution in [3.05, 3.63) is 27.7 Å². The van der Waals surface area contributed by atoms with E-state index in [1.807, 2.05) is 0 Å². The number of aliphatic hydroxyl groups is 1. The molecule has 0 unspecified atom stereocenters. The molecule has 1 aromatic rings. The van der Waals surface area contributed by atoms with Gasteiger partial charge in [-0.25, -0.2) is 0 Å². The van der Waals surface area contributed by atoms with E-state index in [1.165, 1.54) is 30.4 Å². The number of fused-ring (bicyclic) bond motifs is 5. The summed E-state index contributed by atoms with van der Waals surface area (Å²) in [6.45, 7) is 2.61. The summed E-state index contributed by atoms with van der Waals surface area (Å²) in [5, 5.41) is 10.5. The molecule has 5 atom stereocenters. The predicted octanol–water partition coefficient (Wildman–Crippen LogP) is 4.65. The lowest BCUT2D eigenvalue weighted by Gasteiger charge is -2.50. The second-order valence-electron chi connectivity index (χ2n) is 8.05. The third kappa shape index (κ3) is 2.45. The second kappa shape index (κ2) is 6.30. The van der Waals surface area contributed by atoms with E-state index in [0.29, 0.717) is 11.8 Å². The lowest BCUT2D eigenvalue weighted by Crippen LogP contribution is -2.44. The fraction of sp³-hybridized carbons (Fsp3) is 0.700. The van der Waals surface area contributed by atoms with Crippen LogP contribution in [0.15, 0.2) is 16.6 Å². The molecule has 0 aromatic heterocycles. The van der Waals surface area contributed by atoms with E-state index in [4.69, 9.17) is 9.47 Å². The van der Waals surface area contributed by atoms with E-state index < -0.39 is 0 Å². The highest BCUT2D eigenvalue weighted by Gasteiger charge is 2.54. The molecule has 0 radical (unpaired) electrons. The van der Waals surface area contributed by atoms with Gasteiger partial charge >= 0.3 is 0 Å². The van der Waals surface area contributed by atoms with Crippen LogP contribution in [0.5, 0.6) is 5.75 Å². The van der Waals surface area contributed by atoms with Crippen molar-refractivity contribution in [1.82, 2.24) is 0 Å². The Balaban J connectivity index is 1.65.